The second-order valence-electron chi connectivity index (χ2n) is 7.37. The summed E-state index contributed by atoms with van der Waals surface area (Å²) in [4.78, 5) is 17.3. The highest BCUT2D eigenvalue weighted by atomic mass is 16.5. The van der Waals surface area contributed by atoms with E-state index in [1.165, 1.54) is 0 Å². The lowest BCUT2D eigenvalue weighted by molar-refractivity contribution is 0.294. The Labute approximate surface area is 185 Å². The molecule has 5 rings (SSSR count). The number of rotatable bonds is 6. The molecule has 0 aliphatic rings. The normalized spacial score (nSPS) is 10.8. The van der Waals surface area contributed by atoms with E-state index < -0.39 is 0 Å². The van der Waals surface area contributed by atoms with Crippen molar-refractivity contribution in [1.82, 2.24) is 9.55 Å². The number of para-hydroxylation sites is 2. The number of fused-ring (bicyclic) bond motifs is 1. The highest BCUT2D eigenvalue weighted by Crippen LogP contribution is 2.26. The van der Waals surface area contributed by atoms with Crippen LogP contribution in [0.3, 0.4) is 0 Å². The summed E-state index contributed by atoms with van der Waals surface area (Å²) >= 11 is 0. The van der Waals surface area contributed by atoms with Crippen molar-refractivity contribution in [1.29, 1.82) is 0 Å². The van der Waals surface area contributed by atoms with Crippen molar-refractivity contribution in [3.63, 3.8) is 0 Å². The summed E-state index contributed by atoms with van der Waals surface area (Å²) in [5.41, 5.74) is 3.49. The highest BCUT2D eigenvalue weighted by Gasteiger charge is 2.13. The van der Waals surface area contributed by atoms with Gasteiger partial charge in [0, 0.05) is 29.7 Å². The van der Waals surface area contributed by atoms with Crippen LogP contribution < -0.4 is 15.5 Å². The maximum Gasteiger partial charge on any atom is 0.215 e. The zero-order valence-electron chi connectivity index (χ0n) is 17.3. The van der Waals surface area contributed by atoms with Crippen molar-refractivity contribution < 1.29 is 4.74 Å². The second kappa shape index (κ2) is 8.78. The Morgan fingerprint density at radius 1 is 0.812 bits per heavy atom. The summed E-state index contributed by atoms with van der Waals surface area (Å²) in [5.74, 6) is 1.13. The zero-order valence-corrected chi connectivity index (χ0v) is 17.3. The molecule has 0 amide bonds. The van der Waals surface area contributed by atoms with Crippen LogP contribution in [-0.4, -0.2) is 9.55 Å². The van der Waals surface area contributed by atoms with Crippen LogP contribution >= 0.6 is 0 Å². The van der Waals surface area contributed by atoms with E-state index >= 15 is 0 Å². The molecule has 0 aliphatic carbocycles. The van der Waals surface area contributed by atoms with Crippen molar-refractivity contribution >= 4 is 22.4 Å². The third kappa shape index (κ3) is 4.09. The Hall–Kier alpha value is -4.38. The van der Waals surface area contributed by atoms with Crippen molar-refractivity contribution in [2.45, 2.75) is 6.61 Å². The standard InChI is InChI=1S/C27H21N3O2/c31-25-17-26(29-21-12-6-2-7-13-21)30(22-14-8-3-9-15-22)24-16-27(28-18-23(24)25)32-19-20-10-4-1-5-11-20/h1-18,29H,19H2. The number of ether oxygens (including phenoxy) is 1. The topological polar surface area (TPSA) is 56.2 Å². The Bertz CT molecular complexity index is 1400. The fourth-order valence-electron chi connectivity index (χ4n) is 3.62. The smallest absolute Gasteiger partial charge is 0.215 e. The monoisotopic (exact) mass is 419 g/mol. The van der Waals surface area contributed by atoms with Crippen LogP contribution in [0, 0.1) is 0 Å². The number of pyridine rings is 2. The molecule has 5 nitrogen and oxygen atoms in total. The predicted molar refractivity (Wildman–Crippen MR) is 128 cm³/mol. The first-order valence-electron chi connectivity index (χ1n) is 10.4. The third-order valence-corrected chi connectivity index (χ3v) is 5.16. The molecule has 2 heterocycles. The predicted octanol–water partition coefficient (Wildman–Crippen LogP) is 5.71. The molecule has 0 unspecified atom stereocenters. The molecule has 0 aliphatic heterocycles. The number of nitrogens with one attached hydrogen (secondary N) is 1. The fourth-order valence-corrected chi connectivity index (χ4v) is 3.62. The molecule has 0 saturated heterocycles. The van der Waals surface area contributed by atoms with E-state index in [1.807, 2.05) is 102 Å². The maximum atomic E-state index is 12.9. The minimum Gasteiger partial charge on any atom is -0.473 e. The van der Waals surface area contributed by atoms with Crippen LogP contribution in [-0.2, 0) is 6.61 Å². The lowest BCUT2D eigenvalue weighted by atomic mass is 10.2. The Kier molecular flexibility index (Phi) is 5.37. The second-order valence-corrected chi connectivity index (χ2v) is 7.37. The van der Waals surface area contributed by atoms with Gasteiger partial charge in [-0.05, 0) is 29.8 Å². The van der Waals surface area contributed by atoms with Crippen LogP contribution in [0.5, 0.6) is 5.88 Å². The van der Waals surface area contributed by atoms with Crippen LogP contribution in [0.2, 0.25) is 0 Å². The molecule has 5 aromatic rings. The lowest BCUT2D eigenvalue weighted by Gasteiger charge is -2.19. The largest absolute Gasteiger partial charge is 0.473 e. The van der Waals surface area contributed by atoms with Crippen LogP contribution in [0.4, 0.5) is 11.5 Å². The number of aromatic nitrogens is 2. The van der Waals surface area contributed by atoms with E-state index in [9.17, 15) is 4.79 Å². The lowest BCUT2D eigenvalue weighted by Crippen LogP contribution is -2.13. The van der Waals surface area contributed by atoms with Crippen LogP contribution in [0.1, 0.15) is 5.56 Å². The van der Waals surface area contributed by atoms with Gasteiger partial charge in [-0.1, -0.05) is 66.7 Å². The summed E-state index contributed by atoms with van der Waals surface area (Å²) in [6, 6.07) is 33.1. The molecular weight excluding hydrogens is 398 g/mol. The minimum absolute atomic E-state index is 0.104. The molecule has 0 fully saturated rings. The minimum atomic E-state index is -0.104. The first-order chi connectivity index (χ1) is 15.8. The van der Waals surface area contributed by atoms with Crippen LogP contribution in [0.15, 0.2) is 114 Å². The molecule has 0 spiro atoms. The summed E-state index contributed by atoms with van der Waals surface area (Å²) in [6.45, 7) is 0.400. The summed E-state index contributed by atoms with van der Waals surface area (Å²) < 4.78 is 7.96. The molecule has 1 N–H and O–H groups in total. The van der Waals surface area contributed by atoms with E-state index in [1.54, 1.807) is 12.3 Å². The van der Waals surface area contributed by atoms with Gasteiger partial charge in [0.25, 0.3) is 0 Å². The number of benzene rings is 3. The molecular formula is C27H21N3O2. The average Bonchev–Trinajstić information content (AvgIpc) is 2.85. The van der Waals surface area contributed by atoms with E-state index in [2.05, 4.69) is 10.3 Å². The van der Waals surface area contributed by atoms with Gasteiger partial charge in [0.2, 0.25) is 5.88 Å². The molecule has 0 bridgehead atoms. The van der Waals surface area contributed by atoms with Gasteiger partial charge < -0.3 is 10.1 Å². The third-order valence-electron chi connectivity index (χ3n) is 5.16. The van der Waals surface area contributed by atoms with E-state index in [0.29, 0.717) is 23.7 Å². The molecule has 5 heteroatoms. The van der Waals surface area contributed by atoms with Gasteiger partial charge >= 0.3 is 0 Å². The van der Waals surface area contributed by atoms with Gasteiger partial charge in [-0.2, -0.15) is 0 Å². The molecule has 156 valence electrons. The zero-order chi connectivity index (χ0) is 21.8. The van der Waals surface area contributed by atoms with Crippen molar-refractivity contribution in [3.05, 3.63) is 125 Å². The molecule has 0 radical (unpaired) electrons. The van der Waals surface area contributed by atoms with Gasteiger partial charge in [-0.25, -0.2) is 4.98 Å². The van der Waals surface area contributed by atoms with Gasteiger partial charge in [-0.3, -0.25) is 9.36 Å². The number of hydrogen-bond acceptors (Lipinski definition) is 4. The summed E-state index contributed by atoms with van der Waals surface area (Å²) in [5, 5.41) is 3.91. The molecule has 0 saturated carbocycles. The van der Waals surface area contributed by atoms with Gasteiger partial charge in [0.1, 0.15) is 12.4 Å². The molecule has 0 atom stereocenters. The number of anilines is 2. The molecule has 3 aromatic carbocycles. The van der Waals surface area contributed by atoms with Crippen molar-refractivity contribution in [2.24, 2.45) is 0 Å². The first-order valence-corrected chi connectivity index (χ1v) is 10.4. The Morgan fingerprint density at radius 2 is 1.47 bits per heavy atom. The van der Waals surface area contributed by atoms with Gasteiger partial charge in [0.15, 0.2) is 5.43 Å². The van der Waals surface area contributed by atoms with Gasteiger partial charge in [0.05, 0.1) is 10.9 Å². The summed E-state index contributed by atoms with van der Waals surface area (Å²) in [6.07, 6.45) is 1.59. The van der Waals surface area contributed by atoms with E-state index in [-0.39, 0.29) is 5.43 Å². The highest BCUT2D eigenvalue weighted by molar-refractivity contribution is 5.84. The fraction of sp³-hybridized carbons (Fsp3) is 0.0370. The molecule has 2 aromatic heterocycles. The Balaban J connectivity index is 1.63. The number of nitrogens with zero attached hydrogens (tertiary/aromatic N) is 2. The SMILES string of the molecule is O=c1cc(Nc2ccccc2)n(-c2ccccc2)c2cc(OCc3ccccc3)ncc12. The quantitative estimate of drug-likeness (QED) is 0.383. The van der Waals surface area contributed by atoms with Crippen LogP contribution in [0.25, 0.3) is 16.6 Å². The first kappa shape index (κ1) is 19.6. The maximum absolute atomic E-state index is 12.9. The van der Waals surface area contributed by atoms with Crippen molar-refractivity contribution in [2.75, 3.05) is 5.32 Å². The average molecular weight is 419 g/mol. The molecule has 32 heavy (non-hydrogen) atoms. The van der Waals surface area contributed by atoms with Gasteiger partial charge in [-0.15, -0.1) is 0 Å². The Morgan fingerprint density at radius 3 is 2.19 bits per heavy atom. The van der Waals surface area contributed by atoms with Crippen molar-refractivity contribution in [3.8, 4) is 11.6 Å². The van der Waals surface area contributed by atoms with E-state index in [0.717, 1.165) is 22.5 Å². The van der Waals surface area contributed by atoms with E-state index in [4.69, 9.17) is 4.74 Å². The summed E-state index contributed by atoms with van der Waals surface area (Å²) in [7, 11) is 0. The number of hydrogen-bond donors (Lipinski definition) is 1.